The SMILES string of the molecule is COc1ccc(CCNC(=O)c2ccc(OC)c(OC)c2)cc1C. The quantitative estimate of drug-likeness (QED) is 0.848. The van der Waals surface area contributed by atoms with E-state index in [0.29, 0.717) is 23.6 Å². The predicted octanol–water partition coefficient (Wildman–Crippen LogP) is 2.99. The molecule has 2 aromatic carbocycles. The summed E-state index contributed by atoms with van der Waals surface area (Å²) in [5.41, 5.74) is 2.78. The van der Waals surface area contributed by atoms with Crippen LogP contribution in [0.1, 0.15) is 21.5 Å². The van der Waals surface area contributed by atoms with Gasteiger partial charge in [0.15, 0.2) is 11.5 Å². The summed E-state index contributed by atoms with van der Waals surface area (Å²) in [5, 5.41) is 2.92. The van der Waals surface area contributed by atoms with Gasteiger partial charge in [0, 0.05) is 12.1 Å². The van der Waals surface area contributed by atoms with Gasteiger partial charge in [0.1, 0.15) is 5.75 Å². The van der Waals surface area contributed by atoms with Gasteiger partial charge < -0.3 is 19.5 Å². The molecule has 0 aliphatic heterocycles. The first-order valence-corrected chi connectivity index (χ1v) is 7.72. The Morgan fingerprint density at radius 1 is 0.917 bits per heavy atom. The van der Waals surface area contributed by atoms with E-state index in [4.69, 9.17) is 14.2 Å². The number of rotatable bonds is 7. The highest BCUT2D eigenvalue weighted by molar-refractivity contribution is 5.94. The van der Waals surface area contributed by atoms with Crippen molar-refractivity contribution in [1.29, 1.82) is 0 Å². The minimum atomic E-state index is -0.138. The van der Waals surface area contributed by atoms with E-state index in [0.717, 1.165) is 23.3 Å². The molecule has 1 amide bonds. The monoisotopic (exact) mass is 329 g/mol. The molecule has 0 aliphatic carbocycles. The van der Waals surface area contributed by atoms with Crippen molar-refractivity contribution in [2.75, 3.05) is 27.9 Å². The molecule has 0 aliphatic rings. The van der Waals surface area contributed by atoms with Crippen LogP contribution in [0.25, 0.3) is 0 Å². The zero-order chi connectivity index (χ0) is 17.5. The highest BCUT2D eigenvalue weighted by atomic mass is 16.5. The van der Waals surface area contributed by atoms with Crippen LogP contribution in [-0.2, 0) is 6.42 Å². The average molecular weight is 329 g/mol. The van der Waals surface area contributed by atoms with Crippen molar-refractivity contribution < 1.29 is 19.0 Å². The van der Waals surface area contributed by atoms with E-state index in [-0.39, 0.29) is 5.91 Å². The molecule has 0 aromatic heterocycles. The normalized spacial score (nSPS) is 10.2. The minimum absolute atomic E-state index is 0.138. The number of benzene rings is 2. The highest BCUT2D eigenvalue weighted by Gasteiger charge is 2.10. The van der Waals surface area contributed by atoms with Gasteiger partial charge in [-0.05, 0) is 48.7 Å². The van der Waals surface area contributed by atoms with E-state index in [1.807, 2.05) is 19.1 Å². The lowest BCUT2D eigenvalue weighted by Crippen LogP contribution is -2.25. The molecule has 0 saturated heterocycles. The smallest absolute Gasteiger partial charge is 0.251 e. The van der Waals surface area contributed by atoms with Crippen LogP contribution in [-0.4, -0.2) is 33.8 Å². The van der Waals surface area contributed by atoms with E-state index < -0.39 is 0 Å². The molecule has 1 N–H and O–H groups in total. The Morgan fingerprint density at radius 3 is 2.21 bits per heavy atom. The van der Waals surface area contributed by atoms with Crippen molar-refractivity contribution in [3.63, 3.8) is 0 Å². The number of aryl methyl sites for hydroxylation is 1. The van der Waals surface area contributed by atoms with Gasteiger partial charge in [-0.15, -0.1) is 0 Å². The Bertz CT molecular complexity index is 713. The molecule has 0 spiro atoms. The molecule has 0 bridgehead atoms. The highest BCUT2D eigenvalue weighted by Crippen LogP contribution is 2.27. The molecule has 128 valence electrons. The Balaban J connectivity index is 1.95. The number of carbonyl (C=O) groups excluding carboxylic acids is 1. The van der Waals surface area contributed by atoms with Crippen molar-refractivity contribution in [1.82, 2.24) is 5.32 Å². The largest absolute Gasteiger partial charge is 0.496 e. The summed E-state index contributed by atoms with van der Waals surface area (Å²) in [6, 6.07) is 11.1. The van der Waals surface area contributed by atoms with Gasteiger partial charge in [-0.1, -0.05) is 12.1 Å². The second kappa shape index (κ2) is 8.24. The number of ether oxygens (including phenoxy) is 3. The maximum Gasteiger partial charge on any atom is 0.251 e. The van der Waals surface area contributed by atoms with Gasteiger partial charge >= 0.3 is 0 Å². The van der Waals surface area contributed by atoms with Crippen molar-refractivity contribution >= 4 is 5.91 Å². The van der Waals surface area contributed by atoms with Crippen LogP contribution < -0.4 is 19.5 Å². The topological polar surface area (TPSA) is 56.8 Å². The Kier molecular flexibility index (Phi) is 6.07. The number of nitrogens with one attached hydrogen (secondary N) is 1. The summed E-state index contributed by atoms with van der Waals surface area (Å²) in [6.07, 6.45) is 0.754. The number of carbonyl (C=O) groups is 1. The first kappa shape index (κ1) is 17.7. The third-order valence-corrected chi connectivity index (χ3v) is 3.80. The molecule has 0 unspecified atom stereocenters. The molecule has 0 radical (unpaired) electrons. The summed E-state index contributed by atoms with van der Waals surface area (Å²) in [6.45, 7) is 2.56. The fourth-order valence-electron chi connectivity index (χ4n) is 2.50. The van der Waals surface area contributed by atoms with Crippen LogP contribution in [0, 0.1) is 6.92 Å². The third-order valence-electron chi connectivity index (χ3n) is 3.80. The number of hydrogen-bond donors (Lipinski definition) is 1. The van der Waals surface area contributed by atoms with Crippen molar-refractivity contribution in [3.8, 4) is 17.2 Å². The maximum absolute atomic E-state index is 12.2. The van der Waals surface area contributed by atoms with Gasteiger partial charge in [0.2, 0.25) is 0 Å². The molecule has 0 saturated carbocycles. The van der Waals surface area contributed by atoms with Crippen LogP contribution in [0.5, 0.6) is 17.2 Å². The van der Waals surface area contributed by atoms with Gasteiger partial charge in [0.05, 0.1) is 21.3 Å². The summed E-state index contributed by atoms with van der Waals surface area (Å²) in [7, 11) is 4.77. The second-order valence-corrected chi connectivity index (χ2v) is 5.38. The van der Waals surface area contributed by atoms with E-state index in [2.05, 4.69) is 11.4 Å². The molecule has 0 heterocycles. The molecule has 24 heavy (non-hydrogen) atoms. The van der Waals surface area contributed by atoms with E-state index >= 15 is 0 Å². The maximum atomic E-state index is 12.2. The number of methoxy groups -OCH3 is 3. The summed E-state index contributed by atoms with van der Waals surface area (Å²) >= 11 is 0. The van der Waals surface area contributed by atoms with Gasteiger partial charge in [0.25, 0.3) is 5.91 Å². The summed E-state index contributed by atoms with van der Waals surface area (Å²) < 4.78 is 15.6. The molecule has 0 atom stereocenters. The Hall–Kier alpha value is -2.69. The molecule has 5 heteroatoms. The summed E-state index contributed by atoms with van der Waals surface area (Å²) in [4.78, 5) is 12.2. The molecular weight excluding hydrogens is 306 g/mol. The minimum Gasteiger partial charge on any atom is -0.496 e. The molecular formula is C19H23NO4. The Morgan fingerprint density at radius 2 is 1.58 bits per heavy atom. The number of hydrogen-bond acceptors (Lipinski definition) is 4. The lowest BCUT2D eigenvalue weighted by molar-refractivity contribution is 0.0953. The third kappa shape index (κ3) is 4.19. The van der Waals surface area contributed by atoms with Crippen LogP contribution in [0.3, 0.4) is 0 Å². The average Bonchev–Trinajstić information content (AvgIpc) is 2.61. The first-order valence-electron chi connectivity index (χ1n) is 7.72. The predicted molar refractivity (Wildman–Crippen MR) is 93.3 cm³/mol. The van der Waals surface area contributed by atoms with E-state index in [1.54, 1.807) is 39.5 Å². The summed E-state index contributed by atoms with van der Waals surface area (Å²) in [5.74, 6) is 1.87. The van der Waals surface area contributed by atoms with Gasteiger partial charge in [-0.2, -0.15) is 0 Å². The lowest BCUT2D eigenvalue weighted by atomic mass is 10.1. The van der Waals surface area contributed by atoms with E-state index in [1.165, 1.54) is 0 Å². The molecule has 2 aromatic rings. The van der Waals surface area contributed by atoms with Crippen LogP contribution in [0.4, 0.5) is 0 Å². The number of amides is 1. The molecule has 5 nitrogen and oxygen atoms in total. The van der Waals surface area contributed by atoms with Crippen molar-refractivity contribution in [3.05, 3.63) is 53.1 Å². The lowest BCUT2D eigenvalue weighted by Gasteiger charge is -2.11. The van der Waals surface area contributed by atoms with Crippen LogP contribution in [0.15, 0.2) is 36.4 Å². The van der Waals surface area contributed by atoms with Gasteiger partial charge in [-0.25, -0.2) is 0 Å². The van der Waals surface area contributed by atoms with E-state index in [9.17, 15) is 4.79 Å². The standard InChI is InChI=1S/C19H23NO4/c1-13-11-14(5-7-16(13)22-2)9-10-20-19(21)15-6-8-17(23-3)18(12-15)24-4/h5-8,11-12H,9-10H2,1-4H3,(H,20,21). The second-order valence-electron chi connectivity index (χ2n) is 5.38. The molecule has 0 fully saturated rings. The first-order chi connectivity index (χ1) is 11.6. The van der Waals surface area contributed by atoms with Crippen LogP contribution >= 0.6 is 0 Å². The van der Waals surface area contributed by atoms with Gasteiger partial charge in [-0.3, -0.25) is 4.79 Å². The zero-order valence-electron chi connectivity index (χ0n) is 14.5. The van der Waals surface area contributed by atoms with Crippen molar-refractivity contribution in [2.45, 2.75) is 13.3 Å². The molecule has 2 rings (SSSR count). The fraction of sp³-hybridized carbons (Fsp3) is 0.316. The van der Waals surface area contributed by atoms with Crippen molar-refractivity contribution in [2.24, 2.45) is 0 Å². The Labute approximate surface area is 142 Å². The van der Waals surface area contributed by atoms with Crippen LogP contribution in [0.2, 0.25) is 0 Å². The fourth-order valence-corrected chi connectivity index (χ4v) is 2.50. The zero-order valence-corrected chi connectivity index (χ0v) is 14.5.